The number of sulfonamides is 1. The van der Waals surface area contributed by atoms with Crippen LogP contribution < -0.4 is 9.46 Å². The number of furan rings is 1. The van der Waals surface area contributed by atoms with Crippen molar-refractivity contribution in [3.63, 3.8) is 0 Å². The summed E-state index contributed by atoms with van der Waals surface area (Å²) >= 11 is 0. The third kappa shape index (κ3) is 6.97. The average molecular weight is 541 g/mol. The number of carbonyl (C=O) groups is 1. The highest BCUT2D eigenvalue weighted by Gasteiger charge is 2.24. The molecule has 0 saturated carbocycles. The minimum Gasteiger partial charge on any atom is -0.494 e. The maximum absolute atomic E-state index is 13.7. The molecule has 8 heteroatoms. The Balaban J connectivity index is 1.47. The lowest BCUT2D eigenvalue weighted by Crippen LogP contribution is -2.44. The lowest BCUT2D eigenvalue weighted by Gasteiger charge is -2.39. The minimum absolute atomic E-state index is 0.147. The van der Waals surface area contributed by atoms with Gasteiger partial charge in [0.15, 0.2) is 5.78 Å². The van der Waals surface area contributed by atoms with Crippen LogP contribution in [-0.4, -0.2) is 50.6 Å². The molecule has 3 aromatic rings. The Labute approximate surface area is 226 Å². The highest BCUT2D eigenvalue weighted by atomic mass is 32.2. The highest BCUT2D eigenvalue weighted by Crippen LogP contribution is 2.32. The van der Waals surface area contributed by atoms with Crippen LogP contribution in [0.3, 0.4) is 0 Å². The topological polar surface area (TPSA) is 88.8 Å². The Bertz CT molecular complexity index is 1340. The van der Waals surface area contributed by atoms with Gasteiger partial charge in [-0.2, -0.15) is 0 Å². The van der Waals surface area contributed by atoms with Crippen LogP contribution in [0.5, 0.6) is 5.75 Å². The van der Waals surface area contributed by atoms with Crippen molar-refractivity contribution in [3.8, 4) is 5.75 Å². The fraction of sp³-hybridized carbons (Fsp3) is 0.500. The van der Waals surface area contributed by atoms with Gasteiger partial charge in [0.05, 0.1) is 18.4 Å². The van der Waals surface area contributed by atoms with Gasteiger partial charge in [-0.3, -0.25) is 14.4 Å². The molecule has 1 aliphatic rings. The molecule has 0 amide bonds. The van der Waals surface area contributed by atoms with E-state index in [1.807, 2.05) is 12.1 Å². The van der Waals surface area contributed by atoms with Crippen molar-refractivity contribution < 1.29 is 22.4 Å². The predicted molar refractivity (Wildman–Crippen MR) is 153 cm³/mol. The smallest absolute Gasteiger partial charge is 0.229 e. The second-order valence-corrected chi connectivity index (χ2v) is 12.3. The molecule has 2 heterocycles. The summed E-state index contributed by atoms with van der Waals surface area (Å²) in [4.78, 5) is 16.2. The molecule has 2 unspecified atom stereocenters. The van der Waals surface area contributed by atoms with E-state index < -0.39 is 10.0 Å². The Morgan fingerprint density at radius 3 is 2.45 bits per heavy atom. The largest absolute Gasteiger partial charge is 0.494 e. The molecule has 1 fully saturated rings. The average Bonchev–Trinajstić information content (AvgIpc) is 3.23. The zero-order chi connectivity index (χ0) is 27.3. The van der Waals surface area contributed by atoms with Crippen LogP contribution in [-0.2, 0) is 16.4 Å². The number of piperidine rings is 1. The van der Waals surface area contributed by atoms with E-state index in [-0.39, 0.29) is 5.78 Å². The number of ketones is 1. The van der Waals surface area contributed by atoms with Gasteiger partial charge in [0.25, 0.3) is 0 Å². The Kier molecular flexibility index (Phi) is 9.15. The third-order valence-electron chi connectivity index (χ3n) is 7.37. The summed E-state index contributed by atoms with van der Waals surface area (Å²) in [6, 6.07) is 13.5. The number of hydrogen-bond donors (Lipinski definition) is 1. The molecular weight excluding hydrogens is 500 g/mol. The number of fused-ring (bicyclic) bond motifs is 1. The molecule has 2 aromatic carbocycles. The van der Waals surface area contributed by atoms with Gasteiger partial charge in [-0.25, -0.2) is 8.42 Å². The molecule has 7 nitrogen and oxygen atoms in total. The monoisotopic (exact) mass is 540 g/mol. The fourth-order valence-corrected chi connectivity index (χ4v) is 5.94. The number of nitrogens with one attached hydrogen (secondary N) is 1. The molecule has 1 aromatic heterocycles. The Hall–Kier alpha value is -2.84. The molecular formula is C30H40N2O5S. The van der Waals surface area contributed by atoms with Gasteiger partial charge in [-0.1, -0.05) is 19.8 Å². The van der Waals surface area contributed by atoms with Gasteiger partial charge >= 0.3 is 0 Å². The lowest BCUT2D eigenvalue weighted by atomic mass is 9.97. The fourth-order valence-electron chi connectivity index (χ4n) is 5.39. The third-order valence-corrected chi connectivity index (χ3v) is 7.98. The van der Waals surface area contributed by atoms with Crippen LogP contribution >= 0.6 is 0 Å². The maximum atomic E-state index is 13.7. The van der Waals surface area contributed by atoms with Crippen molar-refractivity contribution in [2.24, 2.45) is 0 Å². The number of aryl methyl sites for hydroxylation is 1. The van der Waals surface area contributed by atoms with E-state index in [2.05, 4.69) is 30.4 Å². The van der Waals surface area contributed by atoms with Gasteiger partial charge in [-0.05, 0) is 82.0 Å². The molecule has 0 radical (unpaired) electrons. The molecule has 38 heavy (non-hydrogen) atoms. The van der Waals surface area contributed by atoms with Gasteiger partial charge in [-0.15, -0.1) is 0 Å². The predicted octanol–water partition coefficient (Wildman–Crippen LogP) is 6.41. The summed E-state index contributed by atoms with van der Waals surface area (Å²) in [5.41, 5.74) is 1.99. The number of likely N-dealkylation sites (tertiary alicyclic amines) is 1. The van der Waals surface area contributed by atoms with Crippen molar-refractivity contribution in [2.45, 2.75) is 77.8 Å². The number of ether oxygens (including phenoxy) is 1. The first-order valence-electron chi connectivity index (χ1n) is 13.7. The molecule has 1 saturated heterocycles. The highest BCUT2D eigenvalue weighted by molar-refractivity contribution is 7.92. The standard InChI is InChI=1S/C30H40N2O5S/c1-5-6-11-28-29(26-20-24(31-38(4,34)35)14-17-27(26)37-28)30(33)23-12-15-25(16-13-23)36-19-8-18-32-21(2)9-7-10-22(32)3/h12-17,20-22,31H,5-11,18-19H2,1-4H3. The summed E-state index contributed by atoms with van der Waals surface area (Å²) < 4.78 is 38.0. The second kappa shape index (κ2) is 12.3. The maximum Gasteiger partial charge on any atom is 0.229 e. The molecule has 0 spiro atoms. The van der Waals surface area contributed by atoms with Crippen molar-refractivity contribution in [3.05, 3.63) is 59.4 Å². The minimum atomic E-state index is -3.45. The zero-order valence-electron chi connectivity index (χ0n) is 23.0. The number of carbonyl (C=O) groups excluding carboxylic acids is 1. The van der Waals surface area contributed by atoms with Crippen LogP contribution in [0, 0.1) is 0 Å². The van der Waals surface area contributed by atoms with Crippen LogP contribution in [0.4, 0.5) is 5.69 Å². The Morgan fingerprint density at radius 1 is 1.08 bits per heavy atom. The summed E-state index contributed by atoms with van der Waals surface area (Å²) in [6.45, 7) is 8.37. The molecule has 0 aliphatic carbocycles. The quantitative estimate of drug-likeness (QED) is 0.211. The van der Waals surface area contributed by atoms with Crippen molar-refractivity contribution in [2.75, 3.05) is 24.1 Å². The van der Waals surface area contributed by atoms with E-state index in [0.29, 0.717) is 58.7 Å². The molecule has 0 bridgehead atoms. The first kappa shape index (κ1) is 28.2. The first-order chi connectivity index (χ1) is 18.2. The number of benzene rings is 2. The molecule has 4 rings (SSSR count). The van der Waals surface area contributed by atoms with Crippen molar-refractivity contribution >= 4 is 32.5 Å². The number of nitrogens with zero attached hydrogens (tertiary/aromatic N) is 1. The van der Waals surface area contributed by atoms with E-state index in [9.17, 15) is 13.2 Å². The van der Waals surface area contributed by atoms with Crippen molar-refractivity contribution in [1.29, 1.82) is 0 Å². The van der Waals surface area contributed by atoms with Crippen LogP contribution in [0.25, 0.3) is 11.0 Å². The summed E-state index contributed by atoms with van der Waals surface area (Å²) in [6.07, 6.45) is 8.39. The first-order valence-corrected chi connectivity index (χ1v) is 15.6. The van der Waals surface area contributed by atoms with E-state index in [1.54, 1.807) is 30.3 Å². The van der Waals surface area contributed by atoms with E-state index in [4.69, 9.17) is 9.15 Å². The number of rotatable bonds is 12. The van der Waals surface area contributed by atoms with Crippen LogP contribution in [0.1, 0.15) is 81.0 Å². The van der Waals surface area contributed by atoms with Crippen LogP contribution in [0.15, 0.2) is 46.9 Å². The van der Waals surface area contributed by atoms with Gasteiger partial charge in [0.1, 0.15) is 17.1 Å². The van der Waals surface area contributed by atoms with Crippen molar-refractivity contribution in [1.82, 2.24) is 4.90 Å². The normalized spacial score (nSPS) is 18.5. The molecule has 1 aliphatic heterocycles. The summed E-state index contributed by atoms with van der Waals surface area (Å²) in [7, 11) is -3.45. The summed E-state index contributed by atoms with van der Waals surface area (Å²) in [5, 5.41) is 0.608. The molecule has 2 atom stereocenters. The number of unbranched alkanes of at least 4 members (excludes halogenated alkanes) is 1. The number of hydrogen-bond acceptors (Lipinski definition) is 6. The molecule has 206 valence electrons. The second-order valence-electron chi connectivity index (χ2n) is 10.5. The Morgan fingerprint density at radius 2 is 1.79 bits per heavy atom. The molecule has 1 N–H and O–H groups in total. The van der Waals surface area contributed by atoms with Gasteiger partial charge < -0.3 is 9.15 Å². The zero-order valence-corrected chi connectivity index (χ0v) is 23.8. The van der Waals surface area contributed by atoms with E-state index in [0.717, 1.165) is 37.8 Å². The summed E-state index contributed by atoms with van der Waals surface area (Å²) in [5.74, 6) is 1.22. The van der Waals surface area contributed by atoms with Gasteiger partial charge in [0.2, 0.25) is 10.0 Å². The number of anilines is 1. The van der Waals surface area contributed by atoms with Crippen LogP contribution in [0.2, 0.25) is 0 Å². The lowest BCUT2D eigenvalue weighted by molar-refractivity contribution is 0.0961. The van der Waals surface area contributed by atoms with E-state index in [1.165, 1.54) is 19.3 Å². The SMILES string of the molecule is CCCCc1oc2ccc(NS(C)(=O)=O)cc2c1C(=O)c1ccc(OCCCN2C(C)CCCC2C)cc1. The van der Waals surface area contributed by atoms with E-state index >= 15 is 0 Å². The van der Waals surface area contributed by atoms with Gasteiger partial charge in [0, 0.05) is 41.7 Å².